The zero-order chi connectivity index (χ0) is 14.5. The van der Waals surface area contributed by atoms with Gasteiger partial charge in [0, 0.05) is 11.6 Å². The number of halogens is 1. The molecule has 0 fully saturated rings. The summed E-state index contributed by atoms with van der Waals surface area (Å²) in [7, 11) is 1.58. The molecule has 2 aromatic rings. The minimum atomic E-state index is -0.240. The number of furan rings is 1. The largest absolute Gasteiger partial charge is 0.453 e. The highest BCUT2D eigenvalue weighted by Crippen LogP contribution is 2.23. The highest BCUT2D eigenvalue weighted by atomic mass is 79.9. The van der Waals surface area contributed by atoms with E-state index in [1.165, 1.54) is 0 Å². The number of amides is 1. The van der Waals surface area contributed by atoms with Crippen LogP contribution < -0.4 is 5.32 Å². The third-order valence-corrected chi connectivity index (χ3v) is 3.61. The van der Waals surface area contributed by atoms with Crippen molar-refractivity contribution in [2.75, 3.05) is 7.11 Å². The molecule has 20 heavy (non-hydrogen) atoms. The molecule has 0 saturated carbocycles. The van der Waals surface area contributed by atoms with Crippen molar-refractivity contribution in [1.29, 1.82) is 0 Å². The van der Waals surface area contributed by atoms with Crippen LogP contribution in [0, 0.1) is 0 Å². The number of carbonyl (C=O) groups is 1. The minimum Gasteiger partial charge on any atom is -0.453 e. The summed E-state index contributed by atoms with van der Waals surface area (Å²) in [5.74, 6) is 0.678. The number of hydrogen-bond donors (Lipinski definition) is 1. The standard InChI is InChI=1S/C15H16BrNO3/c1-10(12-5-3-4-6-13(12)16)17-15(18)14-8-7-11(20-14)9-19-2/h3-8,10H,9H2,1-2H3,(H,17,18). The van der Waals surface area contributed by atoms with Crippen LogP contribution in [0.15, 0.2) is 45.3 Å². The molecule has 5 heteroatoms. The topological polar surface area (TPSA) is 51.5 Å². The summed E-state index contributed by atoms with van der Waals surface area (Å²) in [6, 6.07) is 11.1. The molecular formula is C15H16BrNO3. The Hall–Kier alpha value is -1.59. The van der Waals surface area contributed by atoms with Gasteiger partial charge in [-0.1, -0.05) is 34.1 Å². The number of nitrogens with one attached hydrogen (secondary N) is 1. The number of rotatable bonds is 5. The van der Waals surface area contributed by atoms with Crippen LogP contribution in [0.1, 0.15) is 34.8 Å². The van der Waals surface area contributed by atoms with Crippen molar-refractivity contribution in [3.8, 4) is 0 Å². The molecule has 1 amide bonds. The second-order valence-corrected chi connectivity index (χ2v) is 5.27. The molecule has 1 heterocycles. The van der Waals surface area contributed by atoms with E-state index in [9.17, 15) is 4.79 Å². The van der Waals surface area contributed by atoms with Crippen LogP contribution >= 0.6 is 15.9 Å². The lowest BCUT2D eigenvalue weighted by Gasteiger charge is -2.14. The first-order valence-electron chi connectivity index (χ1n) is 6.24. The zero-order valence-electron chi connectivity index (χ0n) is 11.4. The van der Waals surface area contributed by atoms with Crippen LogP contribution in [0.25, 0.3) is 0 Å². The van der Waals surface area contributed by atoms with E-state index in [4.69, 9.17) is 9.15 Å². The van der Waals surface area contributed by atoms with E-state index in [1.807, 2.05) is 31.2 Å². The van der Waals surface area contributed by atoms with Crippen LogP contribution in [-0.2, 0) is 11.3 Å². The SMILES string of the molecule is COCc1ccc(C(=O)NC(C)c2ccccc2Br)o1. The third kappa shape index (κ3) is 3.49. The summed E-state index contributed by atoms with van der Waals surface area (Å²) < 4.78 is 11.3. The van der Waals surface area contributed by atoms with Crippen molar-refractivity contribution in [1.82, 2.24) is 5.32 Å². The van der Waals surface area contributed by atoms with Gasteiger partial charge in [0.05, 0.1) is 6.04 Å². The van der Waals surface area contributed by atoms with Gasteiger partial charge in [0.15, 0.2) is 5.76 Å². The van der Waals surface area contributed by atoms with Gasteiger partial charge in [-0.25, -0.2) is 0 Å². The molecule has 1 aromatic carbocycles. The Balaban J connectivity index is 2.05. The van der Waals surface area contributed by atoms with Gasteiger partial charge in [0.1, 0.15) is 12.4 Å². The number of carbonyl (C=O) groups excluding carboxylic acids is 1. The van der Waals surface area contributed by atoms with Gasteiger partial charge in [0.2, 0.25) is 0 Å². The van der Waals surface area contributed by atoms with Gasteiger partial charge < -0.3 is 14.5 Å². The molecule has 0 bridgehead atoms. The van der Waals surface area contributed by atoms with Gasteiger partial charge in [-0.05, 0) is 30.7 Å². The molecule has 0 spiro atoms. The number of benzene rings is 1. The maximum absolute atomic E-state index is 12.1. The molecule has 1 unspecified atom stereocenters. The van der Waals surface area contributed by atoms with E-state index in [2.05, 4.69) is 21.2 Å². The molecule has 1 aromatic heterocycles. The molecular weight excluding hydrogens is 322 g/mol. The van der Waals surface area contributed by atoms with Gasteiger partial charge in [-0.15, -0.1) is 0 Å². The number of methoxy groups -OCH3 is 1. The Morgan fingerprint density at radius 3 is 2.80 bits per heavy atom. The first kappa shape index (κ1) is 14.8. The van der Waals surface area contributed by atoms with Crippen molar-refractivity contribution in [3.05, 3.63) is 58.0 Å². The smallest absolute Gasteiger partial charge is 0.287 e. The van der Waals surface area contributed by atoms with Crippen LogP contribution in [0.5, 0.6) is 0 Å². The summed E-state index contributed by atoms with van der Waals surface area (Å²) in [6.45, 7) is 2.28. The van der Waals surface area contributed by atoms with Crippen molar-refractivity contribution >= 4 is 21.8 Å². The summed E-state index contributed by atoms with van der Waals surface area (Å²) in [5.41, 5.74) is 1.02. The van der Waals surface area contributed by atoms with E-state index < -0.39 is 0 Å². The fourth-order valence-electron chi connectivity index (χ4n) is 1.89. The van der Waals surface area contributed by atoms with Crippen LogP contribution in [0.3, 0.4) is 0 Å². The zero-order valence-corrected chi connectivity index (χ0v) is 12.9. The Bertz CT molecular complexity index is 594. The summed E-state index contributed by atoms with van der Waals surface area (Å²) in [5, 5.41) is 2.91. The lowest BCUT2D eigenvalue weighted by molar-refractivity contribution is 0.0903. The molecule has 0 aliphatic heterocycles. The first-order chi connectivity index (χ1) is 9.61. The lowest BCUT2D eigenvalue weighted by Crippen LogP contribution is -2.26. The van der Waals surface area contributed by atoms with Crippen LogP contribution in [0.4, 0.5) is 0 Å². The predicted octanol–water partition coefficient (Wildman–Crippen LogP) is 3.68. The van der Waals surface area contributed by atoms with Crippen molar-refractivity contribution in [2.24, 2.45) is 0 Å². The third-order valence-electron chi connectivity index (χ3n) is 2.89. The van der Waals surface area contributed by atoms with Crippen LogP contribution in [-0.4, -0.2) is 13.0 Å². The second kappa shape index (κ2) is 6.72. The molecule has 1 N–H and O–H groups in total. The van der Waals surface area contributed by atoms with E-state index in [0.717, 1.165) is 10.0 Å². The molecule has 1 atom stereocenters. The monoisotopic (exact) mass is 337 g/mol. The predicted molar refractivity (Wildman–Crippen MR) is 79.4 cm³/mol. The van der Waals surface area contributed by atoms with E-state index in [0.29, 0.717) is 12.4 Å². The normalized spacial score (nSPS) is 12.2. The maximum Gasteiger partial charge on any atom is 0.287 e. The number of hydrogen-bond acceptors (Lipinski definition) is 3. The first-order valence-corrected chi connectivity index (χ1v) is 7.04. The Labute approximate surface area is 126 Å². The fourth-order valence-corrected chi connectivity index (χ4v) is 2.52. The van der Waals surface area contributed by atoms with Gasteiger partial charge in [-0.2, -0.15) is 0 Å². The van der Waals surface area contributed by atoms with E-state index in [-0.39, 0.29) is 17.7 Å². The maximum atomic E-state index is 12.1. The Morgan fingerprint density at radius 1 is 1.35 bits per heavy atom. The van der Waals surface area contributed by atoms with E-state index in [1.54, 1.807) is 19.2 Å². The highest BCUT2D eigenvalue weighted by molar-refractivity contribution is 9.10. The van der Waals surface area contributed by atoms with Crippen molar-refractivity contribution in [2.45, 2.75) is 19.6 Å². The fraction of sp³-hybridized carbons (Fsp3) is 0.267. The highest BCUT2D eigenvalue weighted by Gasteiger charge is 2.16. The quantitative estimate of drug-likeness (QED) is 0.905. The number of ether oxygens (including phenoxy) is 1. The summed E-state index contributed by atoms with van der Waals surface area (Å²) in [4.78, 5) is 12.1. The summed E-state index contributed by atoms with van der Waals surface area (Å²) in [6.07, 6.45) is 0. The molecule has 0 radical (unpaired) electrons. The molecule has 0 aliphatic carbocycles. The van der Waals surface area contributed by atoms with Gasteiger partial charge in [-0.3, -0.25) is 4.79 Å². The molecule has 0 saturated heterocycles. The average Bonchev–Trinajstić information content (AvgIpc) is 2.88. The van der Waals surface area contributed by atoms with Crippen molar-refractivity contribution in [3.63, 3.8) is 0 Å². The molecule has 106 valence electrons. The van der Waals surface area contributed by atoms with Gasteiger partial charge in [0.25, 0.3) is 5.91 Å². The van der Waals surface area contributed by atoms with E-state index >= 15 is 0 Å². The molecule has 2 rings (SSSR count). The van der Waals surface area contributed by atoms with Crippen LogP contribution in [0.2, 0.25) is 0 Å². The Morgan fingerprint density at radius 2 is 2.10 bits per heavy atom. The molecule has 4 nitrogen and oxygen atoms in total. The molecule has 0 aliphatic rings. The van der Waals surface area contributed by atoms with Crippen molar-refractivity contribution < 1.29 is 13.9 Å². The average molecular weight is 338 g/mol. The summed E-state index contributed by atoms with van der Waals surface area (Å²) >= 11 is 3.48. The van der Waals surface area contributed by atoms with Gasteiger partial charge >= 0.3 is 0 Å². The lowest BCUT2D eigenvalue weighted by atomic mass is 10.1. The minimum absolute atomic E-state index is 0.117. The Kier molecular flexibility index (Phi) is 4.98. The second-order valence-electron chi connectivity index (χ2n) is 4.42.